The number of hydrogen-bond donors (Lipinski definition) is 0. The van der Waals surface area contributed by atoms with Gasteiger partial charge in [-0.05, 0) is 19.8 Å². The minimum absolute atomic E-state index is 0.0371. The van der Waals surface area contributed by atoms with Crippen molar-refractivity contribution in [3.63, 3.8) is 0 Å². The molecule has 2 aromatic heterocycles. The molecule has 1 fully saturated rings. The predicted molar refractivity (Wildman–Crippen MR) is 80.5 cm³/mol. The van der Waals surface area contributed by atoms with Crippen molar-refractivity contribution in [2.24, 2.45) is 0 Å². The summed E-state index contributed by atoms with van der Waals surface area (Å²) in [7, 11) is 0. The number of nitrogens with zero attached hydrogens (tertiary/aromatic N) is 6. The monoisotopic (exact) mass is 316 g/mol. The molecule has 2 aromatic rings. The Morgan fingerprint density at radius 3 is 3.09 bits per heavy atom. The first-order chi connectivity index (χ1) is 11.2. The Bertz CT molecular complexity index is 689. The topological polar surface area (TPSA) is 78.1 Å². The molecule has 1 saturated heterocycles. The van der Waals surface area contributed by atoms with Crippen molar-refractivity contribution in [3.05, 3.63) is 30.4 Å². The SMILES string of the molecule is CC1c2ncc(Cn3cncn3)n2CCN1C(=O)[C@@H]1CCCO1. The Balaban J connectivity index is 1.54. The van der Waals surface area contributed by atoms with Gasteiger partial charge in [0.15, 0.2) is 0 Å². The van der Waals surface area contributed by atoms with Crippen LogP contribution in [0.15, 0.2) is 18.9 Å². The fraction of sp³-hybridized carbons (Fsp3) is 0.600. The summed E-state index contributed by atoms with van der Waals surface area (Å²) in [6.07, 6.45) is 6.61. The quantitative estimate of drug-likeness (QED) is 0.829. The van der Waals surface area contributed by atoms with E-state index in [0.29, 0.717) is 19.7 Å². The summed E-state index contributed by atoms with van der Waals surface area (Å²) >= 11 is 0. The molecule has 1 unspecified atom stereocenters. The molecule has 4 heterocycles. The number of aromatic nitrogens is 5. The molecule has 122 valence electrons. The third-order valence-electron chi connectivity index (χ3n) is 4.65. The molecular weight excluding hydrogens is 296 g/mol. The molecular formula is C15H20N6O2. The van der Waals surface area contributed by atoms with Crippen LogP contribution in [0.4, 0.5) is 0 Å². The normalized spacial score (nSPS) is 24.0. The molecule has 0 saturated carbocycles. The van der Waals surface area contributed by atoms with E-state index in [1.54, 1.807) is 11.0 Å². The highest BCUT2D eigenvalue weighted by molar-refractivity contribution is 5.81. The van der Waals surface area contributed by atoms with E-state index in [2.05, 4.69) is 19.6 Å². The Hall–Kier alpha value is -2.22. The third-order valence-corrected chi connectivity index (χ3v) is 4.65. The van der Waals surface area contributed by atoms with Crippen molar-refractivity contribution in [2.75, 3.05) is 13.2 Å². The summed E-state index contributed by atoms with van der Waals surface area (Å²) in [4.78, 5) is 23.0. The van der Waals surface area contributed by atoms with Gasteiger partial charge in [0.05, 0.1) is 24.5 Å². The second-order valence-corrected chi connectivity index (χ2v) is 6.06. The van der Waals surface area contributed by atoms with E-state index in [9.17, 15) is 4.79 Å². The maximum atomic E-state index is 12.6. The predicted octanol–water partition coefficient (Wildman–Crippen LogP) is 0.605. The first-order valence-corrected chi connectivity index (χ1v) is 8.03. The van der Waals surface area contributed by atoms with E-state index < -0.39 is 0 Å². The average molecular weight is 316 g/mol. The summed E-state index contributed by atoms with van der Waals surface area (Å²) in [5.41, 5.74) is 1.08. The van der Waals surface area contributed by atoms with Gasteiger partial charge in [-0.3, -0.25) is 4.79 Å². The lowest BCUT2D eigenvalue weighted by Crippen LogP contribution is -2.46. The van der Waals surface area contributed by atoms with Gasteiger partial charge < -0.3 is 14.2 Å². The van der Waals surface area contributed by atoms with Crippen LogP contribution in [0.5, 0.6) is 0 Å². The number of rotatable bonds is 3. The number of imidazole rings is 1. The van der Waals surface area contributed by atoms with E-state index in [0.717, 1.165) is 30.9 Å². The lowest BCUT2D eigenvalue weighted by Gasteiger charge is -2.35. The number of hydrogen-bond acceptors (Lipinski definition) is 5. The fourth-order valence-electron chi connectivity index (χ4n) is 3.42. The molecule has 8 nitrogen and oxygen atoms in total. The maximum Gasteiger partial charge on any atom is 0.252 e. The van der Waals surface area contributed by atoms with Crippen LogP contribution in [0, 0.1) is 0 Å². The van der Waals surface area contributed by atoms with Gasteiger partial charge in [-0.25, -0.2) is 14.6 Å². The number of carbonyl (C=O) groups is 1. The van der Waals surface area contributed by atoms with Gasteiger partial charge in [0, 0.05) is 19.7 Å². The number of amides is 1. The minimum atomic E-state index is -0.270. The lowest BCUT2D eigenvalue weighted by molar-refractivity contribution is -0.144. The molecule has 8 heteroatoms. The van der Waals surface area contributed by atoms with E-state index in [4.69, 9.17) is 4.74 Å². The second-order valence-electron chi connectivity index (χ2n) is 6.06. The Morgan fingerprint density at radius 2 is 2.35 bits per heavy atom. The van der Waals surface area contributed by atoms with Crippen molar-refractivity contribution >= 4 is 5.91 Å². The minimum Gasteiger partial charge on any atom is -0.368 e. The zero-order valence-electron chi connectivity index (χ0n) is 13.1. The summed E-state index contributed by atoms with van der Waals surface area (Å²) in [5, 5.41) is 4.14. The van der Waals surface area contributed by atoms with Crippen LogP contribution in [0.3, 0.4) is 0 Å². The van der Waals surface area contributed by atoms with Gasteiger partial charge in [-0.15, -0.1) is 0 Å². The highest BCUT2D eigenvalue weighted by atomic mass is 16.5. The van der Waals surface area contributed by atoms with Gasteiger partial charge in [-0.2, -0.15) is 5.10 Å². The van der Waals surface area contributed by atoms with Crippen molar-refractivity contribution in [3.8, 4) is 0 Å². The number of fused-ring (bicyclic) bond motifs is 1. The molecule has 0 aliphatic carbocycles. The average Bonchev–Trinajstić information content (AvgIpc) is 3.30. The molecule has 0 radical (unpaired) electrons. The van der Waals surface area contributed by atoms with Crippen LogP contribution in [0.1, 0.15) is 37.3 Å². The van der Waals surface area contributed by atoms with Gasteiger partial charge in [-0.1, -0.05) is 0 Å². The second kappa shape index (κ2) is 5.77. The molecule has 0 spiro atoms. The molecule has 2 aliphatic rings. The third kappa shape index (κ3) is 2.52. The van der Waals surface area contributed by atoms with E-state index in [-0.39, 0.29) is 18.1 Å². The van der Waals surface area contributed by atoms with E-state index >= 15 is 0 Å². The Morgan fingerprint density at radius 1 is 1.43 bits per heavy atom. The largest absolute Gasteiger partial charge is 0.368 e. The lowest BCUT2D eigenvalue weighted by atomic mass is 10.1. The summed E-state index contributed by atoms with van der Waals surface area (Å²) in [6, 6.07) is -0.0371. The zero-order chi connectivity index (χ0) is 15.8. The van der Waals surface area contributed by atoms with E-state index in [1.807, 2.05) is 18.0 Å². The van der Waals surface area contributed by atoms with Crippen molar-refractivity contribution < 1.29 is 9.53 Å². The van der Waals surface area contributed by atoms with Gasteiger partial charge >= 0.3 is 0 Å². The van der Waals surface area contributed by atoms with Crippen molar-refractivity contribution in [1.29, 1.82) is 0 Å². The van der Waals surface area contributed by atoms with Crippen LogP contribution in [0.2, 0.25) is 0 Å². The number of carbonyl (C=O) groups excluding carboxylic acids is 1. The molecule has 23 heavy (non-hydrogen) atoms. The highest BCUT2D eigenvalue weighted by Crippen LogP contribution is 2.28. The Labute approximate surface area is 134 Å². The smallest absolute Gasteiger partial charge is 0.252 e. The molecule has 1 amide bonds. The fourth-order valence-corrected chi connectivity index (χ4v) is 3.42. The molecule has 0 bridgehead atoms. The van der Waals surface area contributed by atoms with Gasteiger partial charge in [0.2, 0.25) is 0 Å². The van der Waals surface area contributed by atoms with Gasteiger partial charge in [0.25, 0.3) is 5.91 Å². The Kier molecular flexibility index (Phi) is 3.60. The van der Waals surface area contributed by atoms with Gasteiger partial charge in [0.1, 0.15) is 24.6 Å². The maximum absolute atomic E-state index is 12.6. The van der Waals surface area contributed by atoms with Crippen LogP contribution in [0.25, 0.3) is 0 Å². The highest BCUT2D eigenvalue weighted by Gasteiger charge is 2.35. The molecule has 0 aromatic carbocycles. The summed E-state index contributed by atoms with van der Waals surface area (Å²) in [6.45, 7) is 4.80. The van der Waals surface area contributed by atoms with Crippen LogP contribution >= 0.6 is 0 Å². The van der Waals surface area contributed by atoms with Crippen molar-refractivity contribution in [1.82, 2.24) is 29.2 Å². The molecule has 4 rings (SSSR count). The molecule has 2 aliphatic heterocycles. The van der Waals surface area contributed by atoms with Crippen molar-refractivity contribution in [2.45, 2.75) is 45.0 Å². The van der Waals surface area contributed by atoms with E-state index in [1.165, 1.54) is 6.33 Å². The zero-order valence-corrected chi connectivity index (χ0v) is 13.1. The summed E-state index contributed by atoms with van der Waals surface area (Å²) < 4.78 is 9.51. The molecule has 2 atom stereocenters. The number of ether oxygens (including phenoxy) is 1. The first kappa shape index (κ1) is 14.4. The molecule has 0 N–H and O–H groups in total. The summed E-state index contributed by atoms with van der Waals surface area (Å²) in [5.74, 6) is 1.03. The van der Waals surface area contributed by atoms with Crippen LogP contribution in [-0.4, -0.2) is 54.4 Å². The first-order valence-electron chi connectivity index (χ1n) is 8.03. The van der Waals surface area contributed by atoms with Crippen LogP contribution < -0.4 is 0 Å². The standard InChI is InChI=1S/C15H20N6O2/c1-11-14-17-7-12(8-19-10-16-9-18-19)21(14)5-4-20(11)15(22)13-3-2-6-23-13/h7,9-11,13H,2-6,8H2,1H3/t11?,13-/m0/s1. The van der Waals surface area contributed by atoms with Crippen LogP contribution in [-0.2, 0) is 22.6 Å².